The van der Waals surface area contributed by atoms with Crippen LogP contribution in [-0.4, -0.2) is 22.2 Å². The van der Waals surface area contributed by atoms with Crippen molar-refractivity contribution in [3.63, 3.8) is 0 Å². The normalized spacial score (nSPS) is 16.0. The predicted octanol–water partition coefficient (Wildman–Crippen LogP) is 2.98. The Labute approximate surface area is 102 Å². The first-order chi connectivity index (χ1) is 7.63. The van der Waals surface area contributed by atoms with Gasteiger partial charge in [0.05, 0.1) is 11.8 Å². The van der Waals surface area contributed by atoms with Crippen LogP contribution in [0, 0.1) is 5.92 Å². The van der Waals surface area contributed by atoms with E-state index in [1.54, 1.807) is 6.92 Å². The number of alkyl halides is 3. The molecule has 1 heterocycles. The second kappa shape index (κ2) is 4.81. The van der Waals surface area contributed by atoms with E-state index >= 15 is 0 Å². The molecule has 3 nitrogen and oxygen atoms in total. The molecule has 98 valence electrons. The van der Waals surface area contributed by atoms with Crippen LogP contribution in [0.4, 0.5) is 18.3 Å². The Bertz CT molecular complexity index is 374. The molecule has 0 spiro atoms. The van der Waals surface area contributed by atoms with E-state index in [9.17, 15) is 18.3 Å². The minimum Gasteiger partial charge on any atom is -0.388 e. The number of hydrogen-bond acceptors (Lipinski definition) is 4. The van der Waals surface area contributed by atoms with Crippen molar-refractivity contribution in [1.82, 2.24) is 4.98 Å². The zero-order chi connectivity index (χ0) is 13.3. The molecule has 2 N–H and O–H groups in total. The van der Waals surface area contributed by atoms with E-state index in [2.05, 4.69) is 10.3 Å². The number of thiazole rings is 1. The van der Waals surface area contributed by atoms with Crippen molar-refractivity contribution < 1.29 is 18.3 Å². The number of halogens is 3. The molecule has 0 saturated carbocycles. The van der Waals surface area contributed by atoms with E-state index in [1.165, 1.54) is 0 Å². The minimum absolute atomic E-state index is 0.00273. The monoisotopic (exact) mass is 268 g/mol. The zero-order valence-electron chi connectivity index (χ0n) is 9.80. The van der Waals surface area contributed by atoms with Gasteiger partial charge in [0.1, 0.15) is 4.88 Å². The van der Waals surface area contributed by atoms with Gasteiger partial charge in [-0.25, -0.2) is 4.98 Å². The highest BCUT2D eigenvalue weighted by atomic mass is 32.1. The van der Waals surface area contributed by atoms with Gasteiger partial charge in [0.25, 0.3) is 0 Å². The first-order valence-electron chi connectivity index (χ1n) is 5.12. The van der Waals surface area contributed by atoms with E-state index < -0.39 is 16.7 Å². The summed E-state index contributed by atoms with van der Waals surface area (Å²) in [6.07, 6.45) is -3.57. The molecule has 0 aliphatic heterocycles. The van der Waals surface area contributed by atoms with Gasteiger partial charge in [-0.3, -0.25) is 0 Å². The van der Waals surface area contributed by atoms with Crippen molar-refractivity contribution >= 4 is 16.5 Å². The Balaban J connectivity index is 2.63. The van der Waals surface area contributed by atoms with E-state index in [-0.39, 0.29) is 17.6 Å². The Morgan fingerprint density at radius 2 is 2.06 bits per heavy atom. The summed E-state index contributed by atoms with van der Waals surface area (Å²) >= 11 is 0.534. The topological polar surface area (TPSA) is 45.1 Å². The average Bonchev–Trinajstić information content (AvgIpc) is 2.62. The fourth-order valence-corrected chi connectivity index (χ4v) is 1.62. The Morgan fingerprint density at radius 1 is 1.47 bits per heavy atom. The van der Waals surface area contributed by atoms with Gasteiger partial charge < -0.3 is 10.4 Å². The van der Waals surface area contributed by atoms with Crippen LogP contribution in [0.2, 0.25) is 0 Å². The first kappa shape index (κ1) is 14.2. The standard InChI is InChI=1S/C10H15F3N2OS/c1-6(2)9(3,16)5-15-8-14-4-7(17-8)10(11,12)13/h4,6,16H,5H2,1-3H3,(H,14,15)/t9-/m0/s1. The number of hydrogen-bond donors (Lipinski definition) is 2. The van der Waals surface area contributed by atoms with E-state index in [0.29, 0.717) is 11.3 Å². The molecule has 0 amide bonds. The Kier molecular flexibility index (Phi) is 4.03. The third kappa shape index (κ3) is 3.85. The van der Waals surface area contributed by atoms with Crippen LogP contribution in [0.1, 0.15) is 25.6 Å². The maximum atomic E-state index is 12.3. The van der Waals surface area contributed by atoms with Crippen LogP contribution in [0.25, 0.3) is 0 Å². The van der Waals surface area contributed by atoms with Crippen LogP contribution >= 0.6 is 11.3 Å². The zero-order valence-corrected chi connectivity index (χ0v) is 10.6. The highest BCUT2D eigenvalue weighted by Gasteiger charge is 2.33. The summed E-state index contributed by atoms with van der Waals surface area (Å²) in [4.78, 5) is 2.88. The number of anilines is 1. The molecule has 0 radical (unpaired) electrons. The molecule has 7 heteroatoms. The van der Waals surface area contributed by atoms with E-state index in [0.717, 1.165) is 6.20 Å². The minimum atomic E-state index is -4.36. The molecule has 0 aliphatic carbocycles. The molecule has 0 saturated heterocycles. The van der Waals surface area contributed by atoms with Crippen molar-refractivity contribution in [2.24, 2.45) is 5.92 Å². The number of rotatable bonds is 4. The van der Waals surface area contributed by atoms with Crippen molar-refractivity contribution in [3.8, 4) is 0 Å². The molecule has 0 bridgehead atoms. The summed E-state index contributed by atoms with van der Waals surface area (Å²) in [5, 5.41) is 12.8. The molecule has 1 atom stereocenters. The average molecular weight is 268 g/mol. The molecule has 17 heavy (non-hydrogen) atoms. The smallest absolute Gasteiger partial charge is 0.388 e. The summed E-state index contributed by atoms with van der Waals surface area (Å²) in [5.41, 5.74) is -0.982. The molecule has 1 aromatic heterocycles. The maximum Gasteiger partial charge on any atom is 0.427 e. The number of nitrogens with zero attached hydrogens (tertiary/aromatic N) is 1. The van der Waals surface area contributed by atoms with Crippen LogP contribution < -0.4 is 5.32 Å². The van der Waals surface area contributed by atoms with Crippen molar-refractivity contribution in [2.45, 2.75) is 32.5 Å². The molecule has 0 unspecified atom stereocenters. The number of aliphatic hydroxyl groups is 1. The van der Waals surface area contributed by atoms with Crippen molar-refractivity contribution in [3.05, 3.63) is 11.1 Å². The summed E-state index contributed by atoms with van der Waals surface area (Å²) < 4.78 is 36.9. The lowest BCUT2D eigenvalue weighted by atomic mass is 9.93. The van der Waals surface area contributed by atoms with Gasteiger partial charge in [0.15, 0.2) is 5.13 Å². The van der Waals surface area contributed by atoms with E-state index in [4.69, 9.17) is 0 Å². The van der Waals surface area contributed by atoms with Gasteiger partial charge in [-0.15, -0.1) is 0 Å². The van der Waals surface area contributed by atoms with Crippen molar-refractivity contribution in [1.29, 1.82) is 0 Å². The van der Waals surface area contributed by atoms with Gasteiger partial charge >= 0.3 is 6.18 Å². The molecule has 0 aliphatic rings. The molecule has 0 fully saturated rings. The molecular formula is C10H15F3N2OS. The summed E-state index contributed by atoms with van der Waals surface area (Å²) in [6.45, 7) is 5.47. The lowest BCUT2D eigenvalue weighted by molar-refractivity contribution is -0.134. The van der Waals surface area contributed by atoms with Gasteiger partial charge in [0.2, 0.25) is 0 Å². The highest BCUT2D eigenvalue weighted by Crippen LogP contribution is 2.35. The first-order valence-corrected chi connectivity index (χ1v) is 5.94. The summed E-state index contributed by atoms with van der Waals surface area (Å²) in [6, 6.07) is 0. The fourth-order valence-electron chi connectivity index (χ4n) is 0.946. The molecular weight excluding hydrogens is 253 g/mol. The maximum absolute atomic E-state index is 12.3. The Morgan fingerprint density at radius 3 is 2.47 bits per heavy atom. The Hall–Kier alpha value is -0.820. The molecule has 1 aromatic rings. The van der Waals surface area contributed by atoms with Crippen LogP contribution in [0.3, 0.4) is 0 Å². The van der Waals surface area contributed by atoms with Crippen LogP contribution in [0.15, 0.2) is 6.20 Å². The lowest BCUT2D eigenvalue weighted by Gasteiger charge is -2.27. The number of aromatic nitrogens is 1. The van der Waals surface area contributed by atoms with Gasteiger partial charge in [-0.2, -0.15) is 13.2 Å². The largest absolute Gasteiger partial charge is 0.427 e. The molecule has 0 aromatic carbocycles. The third-order valence-corrected chi connectivity index (χ3v) is 3.63. The quantitative estimate of drug-likeness (QED) is 0.882. The summed E-state index contributed by atoms with van der Waals surface area (Å²) in [7, 11) is 0. The van der Waals surface area contributed by atoms with Crippen molar-refractivity contribution in [2.75, 3.05) is 11.9 Å². The van der Waals surface area contributed by atoms with E-state index in [1.807, 2.05) is 13.8 Å². The van der Waals surface area contributed by atoms with Gasteiger partial charge in [-0.1, -0.05) is 25.2 Å². The predicted molar refractivity (Wildman–Crippen MR) is 61.1 cm³/mol. The second-order valence-electron chi connectivity index (χ2n) is 4.39. The van der Waals surface area contributed by atoms with Gasteiger partial charge in [0, 0.05) is 6.54 Å². The van der Waals surface area contributed by atoms with Crippen LogP contribution in [-0.2, 0) is 6.18 Å². The molecule has 1 rings (SSSR count). The van der Waals surface area contributed by atoms with Crippen LogP contribution in [0.5, 0.6) is 0 Å². The fraction of sp³-hybridized carbons (Fsp3) is 0.700. The summed E-state index contributed by atoms with van der Waals surface area (Å²) in [5.74, 6) is -0.00273. The lowest BCUT2D eigenvalue weighted by Crippen LogP contribution is -2.38. The highest BCUT2D eigenvalue weighted by molar-refractivity contribution is 7.15. The third-order valence-electron chi connectivity index (χ3n) is 2.63. The SMILES string of the molecule is CC(C)[C@@](C)(O)CNc1ncc(C(F)(F)F)s1. The number of nitrogens with one attached hydrogen (secondary N) is 1. The second-order valence-corrected chi connectivity index (χ2v) is 5.42. The van der Waals surface area contributed by atoms with Gasteiger partial charge in [-0.05, 0) is 12.8 Å².